The largest absolute Gasteiger partial charge is 0.394 e. The predicted molar refractivity (Wildman–Crippen MR) is 159 cm³/mol. The molecular weight excluding hydrogens is 557 g/mol. The lowest BCUT2D eigenvalue weighted by atomic mass is 9.82. The van der Waals surface area contributed by atoms with Gasteiger partial charge in [-0.1, -0.05) is 37.3 Å². The van der Waals surface area contributed by atoms with Gasteiger partial charge < -0.3 is 34.2 Å². The van der Waals surface area contributed by atoms with E-state index in [0.29, 0.717) is 23.5 Å². The zero-order valence-corrected chi connectivity index (χ0v) is 25.5. The number of likely N-dealkylation sites (tertiary alicyclic amines) is 1. The van der Waals surface area contributed by atoms with Crippen LogP contribution in [0.15, 0.2) is 48.5 Å². The number of amides is 3. The fourth-order valence-corrected chi connectivity index (χ4v) is 9.67. The van der Waals surface area contributed by atoms with Gasteiger partial charge in [-0.25, -0.2) is 0 Å². The zero-order chi connectivity index (χ0) is 30.4. The fraction of sp³-hybridized carbons (Fsp3) is 0.516. The second-order valence-corrected chi connectivity index (χ2v) is 16.1. The second kappa shape index (κ2) is 11.5. The van der Waals surface area contributed by atoms with Crippen LogP contribution in [0.2, 0.25) is 18.6 Å². The maximum absolute atomic E-state index is 16.1. The van der Waals surface area contributed by atoms with Crippen molar-refractivity contribution < 1.29 is 33.4 Å². The van der Waals surface area contributed by atoms with Crippen molar-refractivity contribution in [2.75, 3.05) is 23.4 Å². The summed E-state index contributed by atoms with van der Waals surface area (Å²) in [6.45, 7) is 7.07. The molecular formula is C31H40FN3O6Si. The summed E-state index contributed by atoms with van der Waals surface area (Å²) in [6, 6.07) is 14.2. The van der Waals surface area contributed by atoms with Crippen molar-refractivity contribution in [3.63, 3.8) is 0 Å². The third kappa shape index (κ3) is 5.27. The zero-order valence-electron chi connectivity index (χ0n) is 24.5. The first-order valence-electron chi connectivity index (χ1n) is 14.6. The molecule has 0 saturated carbocycles. The van der Waals surface area contributed by atoms with Crippen molar-refractivity contribution in [1.82, 2.24) is 4.90 Å². The number of carbonyl (C=O) groups excluding carboxylic acids is 3. The summed E-state index contributed by atoms with van der Waals surface area (Å²) in [4.78, 5) is 43.2. The Kier molecular flexibility index (Phi) is 8.32. The van der Waals surface area contributed by atoms with Gasteiger partial charge in [0.1, 0.15) is 6.10 Å². The third-order valence-electron chi connectivity index (χ3n) is 9.07. The predicted octanol–water partition coefficient (Wildman–Crippen LogP) is 3.70. The Morgan fingerprint density at radius 3 is 2.64 bits per heavy atom. The highest BCUT2D eigenvalue weighted by molar-refractivity contribution is 6.72. The molecule has 3 amide bonds. The van der Waals surface area contributed by atoms with Crippen molar-refractivity contribution in [2.45, 2.75) is 82.1 Å². The summed E-state index contributed by atoms with van der Waals surface area (Å²) in [5.74, 6) is -1.55. The molecule has 2 fully saturated rings. The number of rotatable bonds is 8. The lowest BCUT2D eigenvalue weighted by Gasteiger charge is -2.31. The molecule has 0 radical (unpaired) electrons. The Morgan fingerprint density at radius 1 is 1.21 bits per heavy atom. The quantitative estimate of drug-likeness (QED) is 0.316. The number of ether oxygens (including phenoxy) is 1. The summed E-state index contributed by atoms with van der Waals surface area (Å²) in [5.41, 5.74) is 0.516. The van der Waals surface area contributed by atoms with Crippen LogP contribution >= 0.6 is 0 Å². The molecule has 3 aliphatic heterocycles. The maximum Gasteiger partial charge on any atom is 0.264 e. The molecule has 2 aromatic rings. The first-order chi connectivity index (χ1) is 19.9. The van der Waals surface area contributed by atoms with E-state index in [-0.39, 0.29) is 37.4 Å². The molecule has 9 nitrogen and oxygen atoms in total. The van der Waals surface area contributed by atoms with E-state index < -0.39 is 43.6 Å². The maximum atomic E-state index is 16.1. The Balaban J connectivity index is 1.47. The van der Waals surface area contributed by atoms with Gasteiger partial charge in [-0.3, -0.25) is 14.4 Å². The molecule has 2 aromatic carbocycles. The topological polar surface area (TPSA) is 119 Å². The van der Waals surface area contributed by atoms with E-state index in [4.69, 9.17) is 4.74 Å². The molecule has 226 valence electrons. The highest BCUT2D eigenvalue weighted by Crippen LogP contribution is 2.60. The SMILES string of the molecule is C[C@H](O)C(=O)Nc1cccc(CN2C(=O)[C@@]3(O[C@@H](CC(=O)N4CCC[C@H]4CO)[C@H]([Si](C)(C)F)[C@H]3C)c3ccccc32)c1. The average Bonchev–Trinajstić information content (AvgIpc) is 3.59. The molecule has 0 aliphatic carbocycles. The first-order valence-corrected chi connectivity index (χ1v) is 17.6. The molecule has 0 unspecified atom stereocenters. The molecule has 42 heavy (non-hydrogen) atoms. The summed E-state index contributed by atoms with van der Waals surface area (Å²) >= 11 is 0. The number of para-hydroxylation sites is 1. The molecule has 0 bridgehead atoms. The van der Waals surface area contributed by atoms with Gasteiger partial charge in [-0.15, -0.1) is 0 Å². The second-order valence-electron chi connectivity index (χ2n) is 12.3. The summed E-state index contributed by atoms with van der Waals surface area (Å²) in [7, 11) is -3.43. The van der Waals surface area contributed by atoms with Crippen molar-refractivity contribution in [3.05, 3.63) is 59.7 Å². The number of fused-ring (bicyclic) bond motifs is 2. The third-order valence-corrected chi connectivity index (χ3v) is 11.5. The van der Waals surface area contributed by atoms with E-state index in [1.807, 2.05) is 37.3 Å². The molecule has 5 rings (SSSR count). The fourth-order valence-electron chi connectivity index (χ4n) is 7.18. The van der Waals surface area contributed by atoms with Gasteiger partial charge in [0.15, 0.2) is 5.60 Å². The monoisotopic (exact) mass is 597 g/mol. The van der Waals surface area contributed by atoms with Crippen LogP contribution in [0.1, 0.15) is 44.2 Å². The summed E-state index contributed by atoms with van der Waals surface area (Å²) < 4.78 is 22.7. The Bertz CT molecular complexity index is 1370. The van der Waals surface area contributed by atoms with Gasteiger partial charge in [0.2, 0.25) is 14.3 Å². The van der Waals surface area contributed by atoms with Crippen LogP contribution in [-0.2, 0) is 31.3 Å². The number of hydrogen-bond donors (Lipinski definition) is 3. The molecule has 6 atom stereocenters. The van der Waals surface area contributed by atoms with Crippen LogP contribution in [-0.4, -0.2) is 72.6 Å². The highest BCUT2D eigenvalue weighted by atomic mass is 28.4. The van der Waals surface area contributed by atoms with Crippen LogP contribution in [0, 0.1) is 5.92 Å². The van der Waals surface area contributed by atoms with Crippen LogP contribution in [0.5, 0.6) is 0 Å². The van der Waals surface area contributed by atoms with E-state index in [1.165, 1.54) is 6.92 Å². The number of nitrogens with zero attached hydrogens (tertiary/aromatic N) is 2. The van der Waals surface area contributed by atoms with Gasteiger partial charge in [0.25, 0.3) is 11.8 Å². The Hall–Kier alpha value is -3.12. The number of benzene rings is 2. The minimum Gasteiger partial charge on any atom is -0.394 e. The Morgan fingerprint density at radius 2 is 1.95 bits per heavy atom. The number of nitrogens with one attached hydrogen (secondary N) is 1. The molecule has 3 aliphatic rings. The van der Waals surface area contributed by atoms with E-state index in [1.54, 1.807) is 41.1 Å². The van der Waals surface area contributed by atoms with Gasteiger partial charge >= 0.3 is 0 Å². The van der Waals surface area contributed by atoms with Crippen molar-refractivity contribution >= 4 is 37.5 Å². The van der Waals surface area contributed by atoms with Gasteiger partial charge in [-0.2, -0.15) is 0 Å². The average molecular weight is 598 g/mol. The van der Waals surface area contributed by atoms with Crippen LogP contribution in [0.4, 0.5) is 15.5 Å². The first kappa shape index (κ1) is 30.3. The number of anilines is 2. The van der Waals surface area contributed by atoms with E-state index in [0.717, 1.165) is 18.4 Å². The molecule has 2 saturated heterocycles. The standard InChI is InChI=1S/C31H40FN3O6Si/c1-19-28(42(3,4)32)26(16-27(38)34-14-8-11-23(34)18-36)41-31(19)24-12-5-6-13-25(24)35(30(31)40)17-21-9-7-10-22(15-21)33-29(39)20(2)37/h5-7,9-10,12-13,15,19-20,23,26,28,36-37H,8,11,14,16-18H2,1-4H3,(H,33,39)/t19-,20+,23+,26+,28-,31+/m1/s1. The lowest BCUT2D eigenvalue weighted by molar-refractivity contribution is -0.150. The number of aliphatic hydroxyl groups is 2. The van der Waals surface area contributed by atoms with Gasteiger partial charge in [-0.05, 0) is 56.6 Å². The number of hydrogen-bond acceptors (Lipinski definition) is 6. The number of carbonyl (C=O) groups is 3. The summed E-state index contributed by atoms with van der Waals surface area (Å²) in [5, 5.41) is 22.0. The van der Waals surface area contributed by atoms with Crippen LogP contribution in [0.25, 0.3) is 0 Å². The van der Waals surface area contributed by atoms with Crippen molar-refractivity contribution in [3.8, 4) is 0 Å². The normalized spacial score (nSPS) is 27.9. The van der Waals surface area contributed by atoms with Crippen LogP contribution < -0.4 is 10.2 Å². The Labute approximate surface area is 246 Å². The highest BCUT2D eigenvalue weighted by Gasteiger charge is 2.67. The summed E-state index contributed by atoms with van der Waals surface area (Å²) in [6.07, 6.45) is -0.465. The van der Waals surface area contributed by atoms with Gasteiger partial charge in [0.05, 0.1) is 37.4 Å². The molecule has 11 heteroatoms. The van der Waals surface area contributed by atoms with Crippen molar-refractivity contribution in [1.29, 1.82) is 0 Å². The van der Waals surface area contributed by atoms with E-state index in [9.17, 15) is 24.6 Å². The number of aliphatic hydroxyl groups excluding tert-OH is 2. The smallest absolute Gasteiger partial charge is 0.264 e. The molecule has 1 spiro atoms. The van der Waals surface area contributed by atoms with E-state index in [2.05, 4.69) is 5.32 Å². The van der Waals surface area contributed by atoms with Gasteiger partial charge in [0, 0.05) is 29.3 Å². The molecule has 3 heterocycles. The minimum absolute atomic E-state index is 0.0475. The lowest BCUT2D eigenvalue weighted by Crippen LogP contribution is -2.45. The van der Waals surface area contributed by atoms with Crippen LogP contribution in [0.3, 0.4) is 0 Å². The minimum atomic E-state index is -3.43. The number of halogens is 1. The molecule has 3 N–H and O–H groups in total. The van der Waals surface area contributed by atoms with E-state index >= 15 is 4.11 Å². The van der Waals surface area contributed by atoms with Crippen molar-refractivity contribution in [2.24, 2.45) is 5.92 Å². The molecule has 0 aromatic heterocycles.